The molecule has 8 heteroatoms. The number of nitrogens with zero attached hydrogens (tertiary/aromatic N) is 1. The minimum Gasteiger partial charge on any atom is -0.469 e. The Morgan fingerprint density at radius 1 is 1.25 bits per heavy atom. The SMILES string of the molecule is COC(=O)[C@H]1CCCCC[C@H]1NC(=O)c1ncccc1C(F)(F)F. The lowest BCUT2D eigenvalue weighted by molar-refractivity contribution is -0.146. The average molecular weight is 344 g/mol. The second-order valence-corrected chi connectivity index (χ2v) is 5.74. The fourth-order valence-electron chi connectivity index (χ4n) is 2.97. The van der Waals surface area contributed by atoms with Gasteiger partial charge in [-0.2, -0.15) is 13.2 Å². The highest BCUT2D eigenvalue weighted by atomic mass is 19.4. The number of ether oxygens (including phenoxy) is 1. The normalized spacial score (nSPS) is 21.7. The number of hydrogen-bond donors (Lipinski definition) is 1. The predicted octanol–water partition coefficient (Wildman–Crippen LogP) is 2.95. The third-order valence-electron chi connectivity index (χ3n) is 4.16. The Morgan fingerprint density at radius 2 is 1.96 bits per heavy atom. The Labute approximate surface area is 137 Å². The van der Waals surface area contributed by atoms with E-state index in [0.717, 1.165) is 37.6 Å². The van der Waals surface area contributed by atoms with E-state index in [9.17, 15) is 22.8 Å². The molecule has 0 bridgehead atoms. The molecule has 0 aromatic carbocycles. The minimum atomic E-state index is -4.67. The van der Waals surface area contributed by atoms with Gasteiger partial charge in [0.15, 0.2) is 0 Å². The molecule has 0 aliphatic heterocycles. The van der Waals surface area contributed by atoms with Crippen LogP contribution < -0.4 is 5.32 Å². The van der Waals surface area contributed by atoms with Crippen molar-refractivity contribution in [3.8, 4) is 0 Å². The predicted molar refractivity (Wildman–Crippen MR) is 79.1 cm³/mol. The molecular formula is C16H19F3N2O3. The molecule has 0 unspecified atom stereocenters. The van der Waals surface area contributed by atoms with Crippen molar-refractivity contribution in [1.29, 1.82) is 0 Å². The molecule has 1 aliphatic carbocycles. The number of alkyl halides is 3. The van der Waals surface area contributed by atoms with E-state index in [1.165, 1.54) is 7.11 Å². The molecule has 0 saturated heterocycles. The fraction of sp³-hybridized carbons (Fsp3) is 0.562. The summed E-state index contributed by atoms with van der Waals surface area (Å²) in [6.07, 6.45) is 0.000393. The van der Waals surface area contributed by atoms with Crippen LogP contribution in [0.4, 0.5) is 13.2 Å². The van der Waals surface area contributed by atoms with Gasteiger partial charge >= 0.3 is 12.1 Å². The summed E-state index contributed by atoms with van der Waals surface area (Å²) in [7, 11) is 1.26. The van der Waals surface area contributed by atoms with Crippen LogP contribution in [-0.2, 0) is 15.7 Å². The summed E-state index contributed by atoms with van der Waals surface area (Å²) in [5, 5.41) is 2.55. The van der Waals surface area contributed by atoms with Gasteiger partial charge in [0.2, 0.25) is 0 Å². The van der Waals surface area contributed by atoms with Gasteiger partial charge in [0.25, 0.3) is 5.91 Å². The zero-order chi connectivity index (χ0) is 17.7. The molecular weight excluding hydrogens is 325 g/mol. The number of amides is 1. The maximum atomic E-state index is 13.0. The third kappa shape index (κ3) is 4.24. The smallest absolute Gasteiger partial charge is 0.418 e. The van der Waals surface area contributed by atoms with Crippen molar-refractivity contribution < 1.29 is 27.5 Å². The first-order valence-corrected chi connectivity index (χ1v) is 7.75. The summed E-state index contributed by atoms with van der Waals surface area (Å²) >= 11 is 0. The van der Waals surface area contributed by atoms with Gasteiger partial charge in [-0.15, -0.1) is 0 Å². The van der Waals surface area contributed by atoms with E-state index in [2.05, 4.69) is 10.3 Å². The van der Waals surface area contributed by atoms with Crippen molar-refractivity contribution in [3.63, 3.8) is 0 Å². The van der Waals surface area contributed by atoms with Crippen LogP contribution in [0.25, 0.3) is 0 Å². The lowest BCUT2D eigenvalue weighted by Gasteiger charge is -2.24. The van der Waals surface area contributed by atoms with Crippen LogP contribution in [0.5, 0.6) is 0 Å². The van der Waals surface area contributed by atoms with Gasteiger partial charge < -0.3 is 10.1 Å². The number of pyridine rings is 1. The third-order valence-corrected chi connectivity index (χ3v) is 4.16. The zero-order valence-corrected chi connectivity index (χ0v) is 13.2. The molecule has 1 heterocycles. The van der Waals surface area contributed by atoms with Crippen LogP contribution in [0.2, 0.25) is 0 Å². The largest absolute Gasteiger partial charge is 0.469 e. The highest BCUT2D eigenvalue weighted by Gasteiger charge is 2.37. The number of nitrogens with one attached hydrogen (secondary N) is 1. The number of rotatable bonds is 3. The van der Waals surface area contributed by atoms with Gasteiger partial charge in [0.05, 0.1) is 18.6 Å². The van der Waals surface area contributed by atoms with Crippen molar-refractivity contribution in [2.24, 2.45) is 5.92 Å². The van der Waals surface area contributed by atoms with Crippen molar-refractivity contribution in [1.82, 2.24) is 10.3 Å². The number of carbonyl (C=O) groups excluding carboxylic acids is 2. The molecule has 1 aliphatic rings. The first kappa shape index (κ1) is 18.2. The molecule has 24 heavy (non-hydrogen) atoms. The van der Waals surface area contributed by atoms with Gasteiger partial charge in [0, 0.05) is 12.2 Å². The molecule has 5 nitrogen and oxygen atoms in total. The summed E-state index contributed by atoms with van der Waals surface area (Å²) in [5.74, 6) is -1.94. The number of aromatic nitrogens is 1. The number of hydrogen-bond acceptors (Lipinski definition) is 4. The Kier molecular flexibility index (Phi) is 5.80. The van der Waals surface area contributed by atoms with Crippen LogP contribution in [0.15, 0.2) is 18.3 Å². The summed E-state index contributed by atoms with van der Waals surface area (Å²) < 4.78 is 43.8. The molecule has 1 aromatic heterocycles. The first-order chi connectivity index (χ1) is 11.3. The molecule has 1 N–H and O–H groups in total. The molecule has 1 amide bonds. The lowest BCUT2D eigenvalue weighted by Crippen LogP contribution is -2.44. The maximum absolute atomic E-state index is 13.0. The quantitative estimate of drug-likeness (QED) is 0.676. The summed E-state index contributed by atoms with van der Waals surface area (Å²) in [6, 6.07) is 1.38. The van der Waals surface area contributed by atoms with Gasteiger partial charge in [-0.1, -0.05) is 19.3 Å². The Hall–Kier alpha value is -2.12. The molecule has 1 fully saturated rings. The topological polar surface area (TPSA) is 68.3 Å². The maximum Gasteiger partial charge on any atom is 0.418 e. The minimum absolute atomic E-state index is 0.459. The van der Waals surface area contributed by atoms with E-state index in [4.69, 9.17) is 4.74 Å². The average Bonchev–Trinajstić information content (AvgIpc) is 2.78. The number of carbonyl (C=O) groups is 2. The van der Waals surface area contributed by atoms with Crippen molar-refractivity contribution >= 4 is 11.9 Å². The number of halogens is 3. The van der Waals surface area contributed by atoms with Gasteiger partial charge in [-0.3, -0.25) is 14.6 Å². The summed E-state index contributed by atoms with van der Waals surface area (Å²) in [6.45, 7) is 0. The zero-order valence-electron chi connectivity index (χ0n) is 13.2. The van der Waals surface area contributed by atoms with E-state index in [1.54, 1.807) is 0 Å². The summed E-state index contributed by atoms with van der Waals surface area (Å²) in [5.41, 5.74) is -1.77. The standard InChI is InChI=1S/C16H19F3N2O3/c1-24-15(23)10-6-3-2-4-8-12(10)21-14(22)13-11(16(17,18)19)7-5-9-20-13/h5,7,9-10,12H,2-4,6,8H2,1H3,(H,21,22)/t10-,12+/m0/s1. The first-order valence-electron chi connectivity index (χ1n) is 7.75. The van der Waals surface area contributed by atoms with Gasteiger partial charge in [-0.05, 0) is 25.0 Å². The van der Waals surface area contributed by atoms with Crippen LogP contribution in [-0.4, -0.2) is 30.0 Å². The second-order valence-electron chi connectivity index (χ2n) is 5.74. The lowest BCUT2D eigenvalue weighted by atomic mass is 9.94. The second kappa shape index (κ2) is 7.63. The summed E-state index contributed by atoms with van der Waals surface area (Å²) in [4.78, 5) is 27.8. The van der Waals surface area contributed by atoms with Crippen molar-refractivity contribution in [3.05, 3.63) is 29.6 Å². The fourth-order valence-corrected chi connectivity index (χ4v) is 2.97. The molecule has 132 valence electrons. The monoisotopic (exact) mass is 344 g/mol. The van der Waals surface area contributed by atoms with E-state index >= 15 is 0 Å². The Morgan fingerprint density at radius 3 is 2.62 bits per heavy atom. The van der Waals surface area contributed by atoms with Crippen LogP contribution in [0.3, 0.4) is 0 Å². The number of methoxy groups -OCH3 is 1. The Balaban J connectivity index is 2.23. The molecule has 0 spiro atoms. The molecule has 0 radical (unpaired) electrons. The highest BCUT2D eigenvalue weighted by molar-refractivity contribution is 5.94. The van der Waals surface area contributed by atoms with E-state index < -0.39 is 41.3 Å². The molecule has 2 atom stereocenters. The van der Waals surface area contributed by atoms with E-state index in [-0.39, 0.29) is 0 Å². The number of esters is 1. The van der Waals surface area contributed by atoms with Crippen LogP contribution >= 0.6 is 0 Å². The van der Waals surface area contributed by atoms with Crippen molar-refractivity contribution in [2.45, 2.75) is 44.3 Å². The van der Waals surface area contributed by atoms with E-state index in [0.29, 0.717) is 12.8 Å². The highest BCUT2D eigenvalue weighted by Crippen LogP contribution is 2.31. The molecule has 1 aromatic rings. The van der Waals surface area contributed by atoms with E-state index in [1.807, 2.05) is 0 Å². The Bertz CT molecular complexity index is 604. The van der Waals surface area contributed by atoms with Crippen LogP contribution in [0.1, 0.15) is 48.2 Å². The van der Waals surface area contributed by atoms with Crippen LogP contribution in [0, 0.1) is 5.92 Å². The molecule has 2 rings (SSSR count). The molecule has 1 saturated carbocycles. The van der Waals surface area contributed by atoms with Gasteiger partial charge in [-0.25, -0.2) is 0 Å². The van der Waals surface area contributed by atoms with Gasteiger partial charge in [0.1, 0.15) is 5.69 Å². The van der Waals surface area contributed by atoms with Crippen molar-refractivity contribution in [2.75, 3.05) is 7.11 Å².